The van der Waals surface area contributed by atoms with E-state index in [-0.39, 0.29) is 23.0 Å². The number of anilines is 1. The average Bonchev–Trinajstić information content (AvgIpc) is 3.22. The molecule has 0 aliphatic rings. The van der Waals surface area contributed by atoms with Gasteiger partial charge in [0.1, 0.15) is 5.82 Å². The number of carbonyl (C=O) groups excluding carboxylic acids is 2. The molecule has 4 aromatic rings. The van der Waals surface area contributed by atoms with Crippen molar-refractivity contribution < 1.29 is 40.3 Å². The summed E-state index contributed by atoms with van der Waals surface area (Å²) in [6, 6.07) is 7.13. The Hall–Kier alpha value is -4.49. The molecule has 0 saturated carbocycles. The summed E-state index contributed by atoms with van der Waals surface area (Å²) < 4.78 is 95.1. The summed E-state index contributed by atoms with van der Waals surface area (Å²) in [6.07, 6.45) is -8.35. The Morgan fingerprint density at radius 1 is 0.947 bits per heavy atom. The smallest absolute Gasteiger partial charge is 0.348 e. The molecule has 4 rings (SSSR count). The fourth-order valence-corrected chi connectivity index (χ4v) is 3.57. The molecule has 0 fully saturated rings. The van der Waals surface area contributed by atoms with Crippen molar-refractivity contribution in [3.8, 4) is 11.3 Å². The summed E-state index contributed by atoms with van der Waals surface area (Å²) in [5.74, 6) is -2.54. The predicted octanol–water partition coefficient (Wildman–Crippen LogP) is 5.46. The van der Waals surface area contributed by atoms with Gasteiger partial charge in [0.25, 0.3) is 5.91 Å². The highest BCUT2D eigenvalue weighted by Crippen LogP contribution is 2.34. The maximum Gasteiger partial charge on any atom is 0.417 e. The van der Waals surface area contributed by atoms with Crippen LogP contribution in [-0.2, 0) is 23.7 Å². The summed E-state index contributed by atoms with van der Waals surface area (Å²) in [6.45, 7) is 0.486. The molecule has 0 bridgehead atoms. The van der Waals surface area contributed by atoms with Gasteiger partial charge in [0, 0.05) is 24.6 Å². The lowest BCUT2D eigenvalue weighted by Gasteiger charge is -2.15. The molecule has 0 aliphatic heterocycles. The number of fused-ring (bicyclic) bond motifs is 1. The van der Waals surface area contributed by atoms with Gasteiger partial charge in [0.15, 0.2) is 11.5 Å². The largest absolute Gasteiger partial charge is 0.417 e. The number of hydrogen-bond acceptors (Lipinski definition) is 4. The Labute approximate surface area is 209 Å². The van der Waals surface area contributed by atoms with Crippen LogP contribution in [0.15, 0.2) is 54.7 Å². The van der Waals surface area contributed by atoms with Crippen molar-refractivity contribution in [2.45, 2.75) is 25.8 Å². The van der Waals surface area contributed by atoms with Gasteiger partial charge >= 0.3 is 12.4 Å². The molecule has 0 atom stereocenters. The third kappa shape index (κ3) is 5.74. The van der Waals surface area contributed by atoms with Crippen molar-refractivity contribution >= 4 is 23.3 Å². The van der Waals surface area contributed by atoms with Crippen LogP contribution in [0.25, 0.3) is 16.9 Å². The van der Waals surface area contributed by atoms with E-state index in [1.807, 2.05) is 0 Å². The molecular formula is C24H16F7N5O2. The van der Waals surface area contributed by atoms with E-state index in [1.54, 1.807) is 0 Å². The third-order valence-electron chi connectivity index (χ3n) is 5.30. The van der Waals surface area contributed by atoms with Gasteiger partial charge in [-0.3, -0.25) is 9.59 Å². The second kappa shape index (κ2) is 9.76. The molecule has 0 spiro atoms. The maximum atomic E-state index is 14.0. The molecule has 0 aliphatic carbocycles. The lowest BCUT2D eigenvalue weighted by Crippen LogP contribution is -2.26. The van der Waals surface area contributed by atoms with Crippen LogP contribution in [0.2, 0.25) is 0 Å². The van der Waals surface area contributed by atoms with Crippen LogP contribution < -0.4 is 10.6 Å². The van der Waals surface area contributed by atoms with Crippen molar-refractivity contribution in [3.05, 3.63) is 82.8 Å². The normalized spacial score (nSPS) is 12.0. The van der Waals surface area contributed by atoms with E-state index in [9.17, 15) is 40.3 Å². The van der Waals surface area contributed by atoms with E-state index >= 15 is 0 Å². The Morgan fingerprint density at radius 3 is 2.34 bits per heavy atom. The summed E-state index contributed by atoms with van der Waals surface area (Å²) in [5.41, 5.74) is -3.30. The lowest BCUT2D eigenvalue weighted by atomic mass is 10.0. The second-order valence-corrected chi connectivity index (χ2v) is 8.07. The van der Waals surface area contributed by atoms with Crippen molar-refractivity contribution in [3.63, 3.8) is 0 Å². The van der Waals surface area contributed by atoms with E-state index in [0.717, 1.165) is 12.1 Å². The molecule has 0 saturated heterocycles. The predicted molar refractivity (Wildman–Crippen MR) is 120 cm³/mol. The van der Waals surface area contributed by atoms with Gasteiger partial charge in [-0.1, -0.05) is 6.07 Å². The first-order chi connectivity index (χ1) is 17.7. The fraction of sp³-hybridized carbons (Fsp3) is 0.167. The molecule has 2 amide bonds. The third-order valence-corrected chi connectivity index (χ3v) is 5.30. The zero-order valence-corrected chi connectivity index (χ0v) is 19.2. The Bertz CT molecular complexity index is 1540. The van der Waals surface area contributed by atoms with Gasteiger partial charge in [0.05, 0.1) is 28.6 Å². The Kier molecular flexibility index (Phi) is 6.82. The highest BCUT2D eigenvalue weighted by Gasteiger charge is 2.36. The molecule has 38 heavy (non-hydrogen) atoms. The van der Waals surface area contributed by atoms with E-state index < -0.39 is 52.9 Å². The Balaban J connectivity index is 1.66. The minimum absolute atomic E-state index is 0.102. The number of halogens is 7. The lowest BCUT2D eigenvalue weighted by molar-refractivity contribution is -0.138. The molecule has 0 unspecified atom stereocenters. The van der Waals surface area contributed by atoms with Gasteiger partial charge in [-0.15, -0.1) is 0 Å². The van der Waals surface area contributed by atoms with Crippen molar-refractivity contribution in [2.75, 3.05) is 5.32 Å². The number of alkyl halides is 6. The number of benzene rings is 2. The number of nitrogens with one attached hydrogen (secondary N) is 2. The molecular weight excluding hydrogens is 523 g/mol. The first kappa shape index (κ1) is 26.6. The van der Waals surface area contributed by atoms with E-state index in [4.69, 9.17) is 0 Å². The van der Waals surface area contributed by atoms with Crippen molar-refractivity contribution in [2.24, 2.45) is 0 Å². The molecule has 14 heteroatoms. The Morgan fingerprint density at radius 2 is 1.68 bits per heavy atom. The number of rotatable bonds is 5. The minimum Gasteiger partial charge on any atom is -0.348 e. The maximum absolute atomic E-state index is 14.0. The van der Waals surface area contributed by atoms with Gasteiger partial charge in [-0.2, -0.15) is 31.4 Å². The fourth-order valence-electron chi connectivity index (χ4n) is 3.57. The highest BCUT2D eigenvalue weighted by atomic mass is 19.4. The second-order valence-electron chi connectivity index (χ2n) is 8.07. The number of imidazole rings is 1. The average molecular weight is 539 g/mol. The van der Waals surface area contributed by atoms with Gasteiger partial charge < -0.3 is 10.6 Å². The van der Waals surface area contributed by atoms with E-state index in [2.05, 4.69) is 20.7 Å². The first-order valence-corrected chi connectivity index (χ1v) is 10.7. The molecule has 2 heterocycles. The van der Waals surface area contributed by atoms with Crippen LogP contribution in [0, 0.1) is 5.82 Å². The number of aromatic nitrogens is 3. The van der Waals surface area contributed by atoms with Gasteiger partial charge in [-0.05, 0) is 42.5 Å². The summed E-state index contributed by atoms with van der Waals surface area (Å²) in [5, 5.41) is 8.76. The summed E-state index contributed by atoms with van der Waals surface area (Å²) >= 11 is 0. The number of amides is 2. The van der Waals surface area contributed by atoms with E-state index in [0.29, 0.717) is 29.9 Å². The summed E-state index contributed by atoms with van der Waals surface area (Å²) in [4.78, 5) is 28.1. The topological polar surface area (TPSA) is 88.4 Å². The molecule has 198 valence electrons. The monoisotopic (exact) mass is 539 g/mol. The molecule has 0 radical (unpaired) electrons. The number of hydrogen-bond donors (Lipinski definition) is 2. The van der Waals surface area contributed by atoms with E-state index in [1.165, 1.54) is 29.8 Å². The van der Waals surface area contributed by atoms with Crippen LogP contribution in [0.5, 0.6) is 0 Å². The van der Waals surface area contributed by atoms with Crippen LogP contribution in [0.4, 0.5) is 36.6 Å². The molecule has 2 aromatic carbocycles. The summed E-state index contributed by atoms with van der Waals surface area (Å²) in [7, 11) is 0. The van der Waals surface area contributed by atoms with Gasteiger partial charge in [0.2, 0.25) is 5.91 Å². The van der Waals surface area contributed by atoms with Crippen LogP contribution in [-0.4, -0.2) is 26.4 Å². The molecule has 7 nitrogen and oxygen atoms in total. The quantitative estimate of drug-likeness (QED) is 0.330. The van der Waals surface area contributed by atoms with Gasteiger partial charge in [-0.25, -0.2) is 13.9 Å². The first-order valence-electron chi connectivity index (χ1n) is 10.7. The molecule has 2 N–H and O–H groups in total. The molecule has 2 aromatic heterocycles. The van der Waals surface area contributed by atoms with Crippen molar-refractivity contribution in [1.82, 2.24) is 19.9 Å². The zero-order valence-electron chi connectivity index (χ0n) is 19.2. The van der Waals surface area contributed by atoms with Crippen LogP contribution in [0.3, 0.4) is 0 Å². The van der Waals surface area contributed by atoms with Crippen molar-refractivity contribution in [1.29, 1.82) is 0 Å². The number of carbonyl (C=O) groups is 2. The highest BCUT2D eigenvalue weighted by molar-refractivity contribution is 5.97. The standard InChI is InChI=1S/C24H16F7N5O2/c1-12(37)33-20-11-36-21(34-20)7-6-19(35-36)13-2-4-17(24(29,30)31)16(9-13)22(38)32-10-14-8-15(23(26,27)28)3-5-18(14)25/h2-9,11H,10H2,1H3,(H,32,38)(H,33,37). The van der Waals surface area contributed by atoms with Crippen LogP contribution >= 0.6 is 0 Å². The minimum atomic E-state index is -4.94. The SMILES string of the molecule is CC(=O)Nc1cn2nc(-c3ccc(C(F)(F)F)c(C(=O)NCc4cc(C(F)(F)F)ccc4F)c3)ccc2n1. The number of nitrogens with zero attached hydrogens (tertiary/aromatic N) is 3. The zero-order chi connectivity index (χ0) is 27.8. The van der Waals surface area contributed by atoms with Crippen LogP contribution in [0.1, 0.15) is 34.0 Å².